The topological polar surface area (TPSA) is 84.3 Å². The number of imidazole rings is 1. The fraction of sp³-hybridized carbons (Fsp3) is 0.458. The number of nitrogens with zero attached hydrogens (tertiary/aromatic N) is 4. The molecule has 3 aliphatic rings. The highest BCUT2D eigenvalue weighted by Gasteiger charge is 2.31. The highest BCUT2D eigenvalue weighted by atomic mass is 16.5. The first kappa shape index (κ1) is 19.4. The molecular weight excluding hydrogens is 404 g/mol. The maximum absolute atomic E-state index is 11.7. The second-order valence-electron chi connectivity index (χ2n) is 9.23. The van der Waals surface area contributed by atoms with Gasteiger partial charge in [-0.15, -0.1) is 0 Å². The number of benzene rings is 1. The van der Waals surface area contributed by atoms with Gasteiger partial charge in [0.2, 0.25) is 11.8 Å². The van der Waals surface area contributed by atoms with E-state index in [0.717, 1.165) is 53.9 Å². The van der Waals surface area contributed by atoms with Gasteiger partial charge in [0.15, 0.2) is 0 Å². The van der Waals surface area contributed by atoms with Crippen LogP contribution in [0.5, 0.6) is 5.88 Å². The number of fused-ring (bicyclic) bond motifs is 2. The summed E-state index contributed by atoms with van der Waals surface area (Å²) in [6, 6.07) is 8.94. The van der Waals surface area contributed by atoms with Crippen LogP contribution in [0.2, 0.25) is 0 Å². The summed E-state index contributed by atoms with van der Waals surface area (Å²) < 4.78 is 8.64. The van der Waals surface area contributed by atoms with Gasteiger partial charge in [0.1, 0.15) is 11.6 Å². The molecule has 8 heteroatoms. The van der Waals surface area contributed by atoms with Crippen LogP contribution in [0.25, 0.3) is 22.3 Å². The molecule has 1 saturated heterocycles. The number of pyridine rings is 1. The summed E-state index contributed by atoms with van der Waals surface area (Å²) in [5.41, 5.74) is 6.04. The van der Waals surface area contributed by atoms with Gasteiger partial charge in [-0.05, 0) is 38.0 Å². The molecule has 0 radical (unpaired) electrons. The number of anilines is 2. The van der Waals surface area contributed by atoms with Crippen molar-refractivity contribution in [2.75, 3.05) is 36.9 Å². The minimum absolute atomic E-state index is 0.0897. The summed E-state index contributed by atoms with van der Waals surface area (Å²) in [7, 11) is 2.12. The van der Waals surface area contributed by atoms with Crippen LogP contribution in [0, 0.1) is 5.92 Å². The van der Waals surface area contributed by atoms with E-state index in [0.29, 0.717) is 24.9 Å². The Kier molecular flexibility index (Phi) is 4.48. The van der Waals surface area contributed by atoms with Crippen molar-refractivity contribution in [3.8, 4) is 17.1 Å². The van der Waals surface area contributed by atoms with Gasteiger partial charge in [-0.3, -0.25) is 4.79 Å². The average Bonchev–Trinajstić information content (AvgIpc) is 3.39. The molecule has 1 saturated carbocycles. The molecule has 166 valence electrons. The summed E-state index contributed by atoms with van der Waals surface area (Å²) in [6.45, 7) is 4.59. The van der Waals surface area contributed by atoms with Gasteiger partial charge < -0.3 is 24.8 Å². The van der Waals surface area contributed by atoms with Crippen molar-refractivity contribution in [2.45, 2.75) is 38.3 Å². The lowest BCUT2D eigenvalue weighted by Gasteiger charge is -2.29. The van der Waals surface area contributed by atoms with Crippen LogP contribution in [0.4, 0.5) is 11.4 Å². The maximum Gasteiger partial charge on any atom is 0.241 e. The Morgan fingerprint density at radius 1 is 1.22 bits per heavy atom. The van der Waals surface area contributed by atoms with Gasteiger partial charge in [0, 0.05) is 50.6 Å². The van der Waals surface area contributed by atoms with Gasteiger partial charge in [-0.2, -0.15) is 0 Å². The first-order valence-corrected chi connectivity index (χ1v) is 11.5. The van der Waals surface area contributed by atoms with Crippen molar-refractivity contribution >= 4 is 28.3 Å². The number of hydrogen-bond donors (Lipinski definition) is 2. The molecular formula is C24H28N6O2. The number of rotatable bonds is 5. The zero-order chi connectivity index (χ0) is 21.8. The lowest BCUT2D eigenvalue weighted by molar-refractivity contribution is -0.119. The van der Waals surface area contributed by atoms with Gasteiger partial charge in [-0.1, -0.05) is 6.07 Å². The van der Waals surface area contributed by atoms with E-state index in [9.17, 15) is 4.79 Å². The van der Waals surface area contributed by atoms with E-state index in [-0.39, 0.29) is 17.9 Å². The SMILES string of the molecule is C[C@@H](Oc1nc(-c2ccc3c(c2)NCCN3C)cc2ncn(C3CC3)c12)[C@H]1CNC(=O)C1. The molecule has 0 unspecified atom stereocenters. The Morgan fingerprint density at radius 2 is 2.09 bits per heavy atom. The van der Waals surface area contributed by atoms with Gasteiger partial charge in [0.25, 0.3) is 0 Å². The van der Waals surface area contributed by atoms with Crippen LogP contribution in [-0.4, -0.2) is 53.2 Å². The van der Waals surface area contributed by atoms with Crippen LogP contribution < -0.4 is 20.3 Å². The highest BCUT2D eigenvalue weighted by molar-refractivity contribution is 5.86. The Bertz CT molecular complexity index is 1200. The smallest absolute Gasteiger partial charge is 0.241 e. The molecule has 2 atom stereocenters. The average molecular weight is 433 g/mol. The van der Waals surface area contributed by atoms with E-state index in [1.54, 1.807) is 0 Å². The highest BCUT2D eigenvalue weighted by Crippen LogP contribution is 2.41. The van der Waals surface area contributed by atoms with Gasteiger partial charge in [-0.25, -0.2) is 9.97 Å². The lowest BCUT2D eigenvalue weighted by Crippen LogP contribution is -2.30. The van der Waals surface area contributed by atoms with Gasteiger partial charge in [0.05, 0.1) is 28.9 Å². The first-order chi connectivity index (χ1) is 15.6. The number of carbonyl (C=O) groups excluding carboxylic acids is 1. The molecule has 1 aliphatic carbocycles. The van der Waals surface area contributed by atoms with Crippen molar-refractivity contribution in [1.82, 2.24) is 19.9 Å². The van der Waals surface area contributed by atoms with Crippen molar-refractivity contribution in [2.24, 2.45) is 5.92 Å². The number of ether oxygens (including phenoxy) is 1. The molecule has 0 bridgehead atoms. The van der Waals surface area contributed by atoms with Crippen molar-refractivity contribution in [1.29, 1.82) is 0 Å². The zero-order valence-corrected chi connectivity index (χ0v) is 18.5. The Hall–Kier alpha value is -3.29. The molecule has 6 rings (SSSR count). The van der Waals surface area contributed by atoms with Crippen molar-refractivity contribution in [3.05, 3.63) is 30.6 Å². The fourth-order valence-electron chi connectivity index (χ4n) is 4.77. The van der Waals surface area contributed by atoms with Crippen molar-refractivity contribution < 1.29 is 9.53 Å². The number of carbonyl (C=O) groups is 1. The number of nitrogens with one attached hydrogen (secondary N) is 2. The van der Waals surface area contributed by atoms with E-state index in [4.69, 9.17) is 14.7 Å². The fourth-order valence-corrected chi connectivity index (χ4v) is 4.77. The van der Waals surface area contributed by atoms with Crippen LogP contribution in [0.15, 0.2) is 30.6 Å². The number of likely N-dealkylation sites (N-methyl/N-ethyl adjacent to an activating group) is 1. The van der Waals surface area contributed by atoms with Gasteiger partial charge >= 0.3 is 0 Å². The molecule has 4 heterocycles. The molecule has 2 N–H and O–H groups in total. The molecule has 32 heavy (non-hydrogen) atoms. The van der Waals surface area contributed by atoms with Crippen LogP contribution in [0.1, 0.15) is 32.2 Å². The second kappa shape index (κ2) is 7.39. The largest absolute Gasteiger partial charge is 0.473 e. The molecule has 1 aromatic carbocycles. The third-order valence-corrected chi connectivity index (χ3v) is 6.90. The van der Waals surface area contributed by atoms with Crippen LogP contribution >= 0.6 is 0 Å². The van der Waals surface area contributed by atoms with E-state index in [2.05, 4.69) is 51.4 Å². The summed E-state index contributed by atoms with van der Waals surface area (Å²) in [6.07, 6.45) is 4.60. The number of aromatic nitrogens is 3. The van der Waals surface area contributed by atoms with E-state index >= 15 is 0 Å². The summed E-state index contributed by atoms with van der Waals surface area (Å²) in [5.74, 6) is 0.840. The second-order valence-corrected chi connectivity index (χ2v) is 9.23. The summed E-state index contributed by atoms with van der Waals surface area (Å²) in [4.78, 5) is 23.6. The quantitative estimate of drug-likeness (QED) is 0.644. The Labute approximate surface area is 187 Å². The third kappa shape index (κ3) is 3.34. The first-order valence-electron chi connectivity index (χ1n) is 11.5. The number of hydrogen-bond acceptors (Lipinski definition) is 6. The standard InChI is InChI=1S/C24H28N6O2/c1-14(16-10-22(31)26-12-16)32-24-23-20(27-13-30(23)17-4-5-17)11-18(28-24)15-3-6-21-19(9-15)25-7-8-29(21)2/h3,6,9,11,13-14,16-17,25H,4-5,7-8,10,12H2,1-2H3,(H,26,31)/t14-,16-/m1/s1. The maximum atomic E-state index is 11.7. The molecule has 2 aliphatic heterocycles. The molecule has 2 fully saturated rings. The predicted octanol–water partition coefficient (Wildman–Crippen LogP) is 3.20. The Morgan fingerprint density at radius 3 is 2.88 bits per heavy atom. The van der Waals surface area contributed by atoms with Crippen molar-refractivity contribution in [3.63, 3.8) is 0 Å². The molecule has 3 aromatic rings. The molecule has 1 amide bonds. The van der Waals surface area contributed by atoms with Crippen LogP contribution in [0.3, 0.4) is 0 Å². The predicted molar refractivity (Wildman–Crippen MR) is 124 cm³/mol. The number of amides is 1. The molecule has 8 nitrogen and oxygen atoms in total. The van der Waals surface area contributed by atoms with Crippen LogP contribution in [-0.2, 0) is 4.79 Å². The summed E-state index contributed by atoms with van der Waals surface area (Å²) >= 11 is 0. The van der Waals surface area contributed by atoms with E-state index in [1.165, 1.54) is 5.69 Å². The zero-order valence-electron chi connectivity index (χ0n) is 18.5. The normalized spacial score (nSPS) is 21.2. The molecule has 0 spiro atoms. The summed E-state index contributed by atoms with van der Waals surface area (Å²) in [5, 5.41) is 6.41. The Balaban J connectivity index is 1.41. The monoisotopic (exact) mass is 432 g/mol. The lowest BCUT2D eigenvalue weighted by atomic mass is 10.0. The minimum atomic E-state index is -0.124. The van der Waals surface area contributed by atoms with E-state index < -0.39 is 0 Å². The third-order valence-electron chi connectivity index (χ3n) is 6.90. The van der Waals surface area contributed by atoms with E-state index in [1.807, 2.05) is 13.3 Å². The molecule has 2 aromatic heterocycles. The minimum Gasteiger partial charge on any atom is -0.473 e.